The Kier molecular flexibility index (Phi) is 3.97. The zero-order chi connectivity index (χ0) is 21.1. The molecule has 0 saturated carbocycles. The highest BCUT2D eigenvalue weighted by Gasteiger charge is 2.45. The van der Waals surface area contributed by atoms with E-state index in [4.69, 9.17) is 15.2 Å². The van der Waals surface area contributed by atoms with Crippen LogP contribution in [0.2, 0.25) is 0 Å². The molecule has 0 spiro atoms. The highest BCUT2D eigenvalue weighted by Crippen LogP contribution is 2.40. The molecule has 0 aliphatic carbocycles. The highest BCUT2D eigenvalue weighted by atomic mass is 16.7. The van der Waals surface area contributed by atoms with Crippen LogP contribution < -0.4 is 20.5 Å². The van der Waals surface area contributed by atoms with Crippen molar-refractivity contribution < 1.29 is 19.1 Å². The first kappa shape index (κ1) is 18.3. The van der Waals surface area contributed by atoms with Crippen molar-refractivity contribution in [3.8, 4) is 11.5 Å². The summed E-state index contributed by atoms with van der Waals surface area (Å²) in [6, 6.07) is 10.4. The fourth-order valence-corrected chi connectivity index (χ4v) is 4.99. The first-order chi connectivity index (χ1) is 15.1. The number of fused-ring (bicyclic) bond motifs is 5. The molecule has 2 aromatic carbocycles. The lowest BCUT2D eigenvalue weighted by molar-refractivity contribution is -0.151. The van der Waals surface area contributed by atoms with Crippen LogP contribution in [0.15, 0.2) is 36.4 Å². The molecule has 158 valence electrons. The standard InChI is InChI=1S/C23H22N4O4/c24-6-5-12-7-19-20(31-11-30-19)9-14(12)21-23(29)27-10-17-15(8-18(27)22(28)26-21)13-3-1-2-4-16(13)25-17/h1-4,7,9,18,21,25H,5-6,8,10-11,24H2,(H,26,28)/t18-,21+/m1/s1. The van der Waals surface area contributed by atoms with Gasteiger partial charge >= 0.3 is 0 Å². The molecule has 0 radical (unpaired) electrons. The minimum absolute atomic E-state index is 0.119. The summed E-state index contributed by atoms with van der Waals surface area (Å²) >= 11 is 0. The lowest BCUT2D eigenvalue weighted by Gasteiger charge is -2.42. The summed E-state index contributed by atoms with van der Waals surface area (Å²) in [5.41, 5.74) is 10.5. The van der Waals surface area contributed by atoms with E-state index in [0.717, 1.165) is 27.7 Å². The van der Waals surface area contributed by atoms with E-state index in [1.54, 1.807) is 11.0 Å². The number of aromatic nitrogens is 1. The van der Waals surface area contributed by atoms with Crippen molar-refractivity contribution in [3.63, 3.8) is 0 Å². The van der Waals surface area contributed by atoms with Gasteiger partial charge < -0.3 is 30.4 Å². The van der Waals surface area contributed by atoms with Gasteiger partial charge in [-0.25, -0.2) is 0 Å². The third-order valence-corrected chi connectivity index (χ3v) is 6.48. The van der Waals surface area contributed by atoms with Gasteiger partial charge in [0.2, 0.25) is 12.7 Å². The van der Waals surface area contributed by atoms with E-state index < -0.39 is 12.1 Å². The Hall–Kier alpha value is -3.52. The molecule has 0 bridgehead atoms. The lowest BCUT2D eigenvalue weighted by Crippen LogP contribution is -2.61. The number of rotatable bonds is 3. The smallest absolute Gasteiger partial charge is 0.250 e. The number of carbonyl (C=O) groups excluding carboxylic acids is 2. The quantitative estimate of drug-likeness (QED) is 0.598. The van der Waals surface area contributed by atoms with Gasteiger partial charge in [-0.05, 0) is 47.9 Å². The van der Waals surface area contributed by atoms with Gasteiger partial charge in [0, 0.05) is 23.0 Å². The minimum atomic E-state index is -0.772. The first-order valence-electron chi connectivity index (χ1n) is 10.5. The van der Waals surface area contributed by atoms with Crippen LogP contribution in [0.1, 0.15) is 28.4 Å². The third kappa shape index (κ3) is 2.71. The van der Waals surface area contributed by atoms with Crippen LogP contribution in [-0.4, -0.2) is 41.1 Å². The zero-order valence-electron chi connectivity index (χ0n) is 16.8. The Labute approximate surface area is 178 Å². The number of hydrogen-bond acceptors (Lipinski definition) is 5. The molecule has 31 heavy (non-hydrogen) atoms. The summed E-state index contributed by atoms with van der Waals surface area (Å²) in [6.45, 7) is 0.948. The molecule has 3 aliphatic rings. The van der Waals surface area contributed by atoms with E-state index >= 15 is 0 Å². The van der Waals surface area contributed by atoms with E-state index in [2.05, 4.69) is 16.4 Å². The number of nitrogens with one attached hydrogen (secondary N) is 2. The number of aromatic amines is 1. The van der Waals surface area contributed by atoms with Gasteiger partial charge in [-0.15, -0.1) is 0 Å². The predicted molar refractivity (Wildman–Crippen MR) is 113 cm³/mol. The van der Waals surface area contributed by atoms with E-state index in [-0.39, 0.29) is 18.6 Å². The number of piperazine rings is 1. The van der Waals surface area contributed by atoms with Crippen LogP contribution in [-0.2, 0) is 29.0 Å². The summed E-state index contributed by atoms with van der Waals surface area (Å²) in [6.07, 6.45) is 1.07. The van der Waals surface area contributed by atoms with Crippen molar-refractivity contribution >= 4 is 22.7 Å². The number of benzene rings is 2. The maximum atomic E-state index is 13.6. The Balaban J connectivity index is 1.39. The number of H-pyrrole nitrogens is 1. The summed E-state index contributed by atoms with van der Waals surface area (Å²) in [5.74, 6) is 0.958. The number of carbonyl (C=O) groups is 2. The fourth-order valence-electron chi connectivity index (χ4n) is 4.99. The zero-order valence-corrected chi connectivity index (χ0v) is 16.8. The molecular weight excluding hydrogens is 396 g/mol. The topological polar surface area (TPSA) is 110 Å². The normalized spacial score (nSPS) is 21.8. The molecular formula is C23H22N4O4. The summed E-state index contributed by atoms with van der Waals surface area (Å²) < 4.78 is 11.0. The molecule has 1 fully saturated rings. The number of nitrogens with zero attached hydrogens (tertiary/aromatic N) is 1. The molecule has 3 aromatic rings. The monoisotopic (exact) mass is 418 g/mol. The number of para-hydroxylation sites is 1. The lowest BCUT2D eigenvalue weighted by atomic mass is 9.89. The first-order valence-corrected chi connectivity index (χ1v) is 10.5. The number of hydrogen-bond donors (Lipinski definition) is 3. The SMILES string of the molecule is NCCc1cc2c(cc1[C@@H]1NC(=O)[C@H]3Cc4c([nH]c5ccccc45)CN3C1=O)OCO2. The highest BCUT2D eigenvalue weighted by molar-refractivity contribution is 5.99. The Morgan fingerprint density at radius 3 is 2.77 bits per heavy atom. The number of ether oxygens (including phenoxy) is 2. The largest absolute Gasteiger partial charge is 0.454 e. The Morgan fingerprint density at radius 2 is 1.94 bits per heavy atom. The molecule has 2 atom stereocenters. The second-order valence-electron chi connectivity index (χ2n) is 8.20. The molecule has 8 heteroatoms. The van der Waals surface area contributed by atoms with Crippen molar-refractivity contribution in [1.82, 2.24) is 15.2 Å². The van der Waals surface area contributed by atoms with Crippen LogP contribution >= 0.6 is 0 Å². The summed E-state index contributed by atoms with van der Waals surface area (Å²) in [4.78, 5) is 31.8. The summed E-state index contributed by atoms with van der Waals surface area (Å²) in [5, 5.41) is 4.08. The molecule has 0 unspecified atom stereocenters. The van der Waals surface area contributed by atoms with Crippen molar-refractivity contribution in [2.24, 2.45) is 5.73 Å². The molecule has 4 N–H and O–H groups in total. The number of amides is 2. The molecule has 4 heterocycles. The van der Waals surface area contributed by atoms with Gasteiger partial charge in [0.05, 0.1) is 6.54 Å². The van der Waals surface area contributed by atoms with Crippen molar-refractivity contribution in [3.05, 3.63) is 58.8 Å². The van der Waals surface area contributed by atoms with Crippen LogP contribution in [0, 0.1) is 0 Å². The van der Waals surface area contributed by atoms with Crippen molar-refractivity contribution in [2.45, 2.75) is 31.5 Å². The van der Waals surface area contributed by atoms with Crippen LogP contribution in [0.5, 0.6) is 11.5 Å². The van der Waals surface area contributed by atoms with E-state index in [9.17, 15) is 9.59 Å². The average Bonchev–Trinajstić information content (AvgIpc) is 3.38. The molecule has 1 saturated heterocycles. The Morgan fingerprint density at radius 1 is 1.13 bits per heavy atom. The molecule has 8 nitrogen and oxygen atoms in total. The number of nitrogens with two attached hydrogens (primary N) is 1. The van der Waals surface area contributed by atoms with Gasteiger partial charge in [-0.3, -0.25) is 9.59 Å². The van der Waals surface area contributed by atoms with Crippen LogP contribution in [0.25, 0.3) is 10.9 Å². The van der Waals surface area contributed by atoms with Gasteiger partial charge in [-0.2, -0.15) is 0 Å². The predicted octanol–water partition coefficient (Wildman–Crippen LogP) is 1.52. The van der Waals surface area contributed by atoms with Crippen molar-refractivity contribution in [2.75, 3.05) is 13.3 Å². The molecule has 3 aliphatic heterocycles. The average molecular weight is 418 g/mol. The van der Waals surface area contributed by atoms with E-state index in [1.807, 2.05) is 24.3 Å². The summed E-state index contributed by atoms with van der Waals surface area (Å²) in [7, 11) is 0. The third-order valence-electron chi connectivity index (χ3n) is 6.48. The van der Waals surface area contributed by atoms with Crippen molar-refractivity contribution in [1.29, 1.82) is 0 Å². The van der Waals surface area contributed by atoms with Crippen LogP contribution in [0.4, 0.5) is 0 Å². The second kappa shape index (κ2) is 6.75. The molecule has 2 amide bonds. The molecule has 1 aromatic heterocycles. The maximum absolute atomic E-state index is 13.6. The van der Waals surface area contributed by atoms with Gasteiger partial charge in [0.15, 0.2) is 11.5 Å². The second-order valence-corrected chi connectivity index (χ2v) is 8.20. The van der Waals surface area contributed by atoms with Gasteiger partial charge in [0.25, 0.3) is 5.91 Å². The van der Waals surface area contributed by atoms with E-state index in [0.29, 0.717) is 43.0 Å². The Bertz CT molecular complexity index is 1230. The molecule has 6 rings (SSSR count). The van der Waals surface area contributed by atoms with Gasteiger partial charge in [0.1, 0.15) is 12.1 Å². The van der Waals surface area contributed by atoms with E-state index in [1.165, 1.54) is 0 Å². The fraction of sp³-hybridized carbons (Fsp3) is 0.304. The maximum Gasteiger partial charge on any atom is 0.250 e. The van der Waals surface area contributed by atoms with Gasteiger partial charge in [-0.1, -0.05) is 18.2 Å². The van der Waals surface area contributed by atoms with Crippen LogP contribution in [0.3, 0.4) is 0 Å². The minimum Gasteiger partial charge on any atom is -0.454 e.